The van der Waals surface area contributed by atoms with E-state index in [4.69, 9.17) is 11.6 Å². The summed E-state index contributed by atoms with van der Waals surface area (Å²) in [4.78, 5) is 0. The minimum absolute atomic E-state index is 0.234. The largest absolute Gasteiger partial charge is 0.205 e. The van der Waals surface area contributed by atoms with Crippen LogP contribution in [0.5, 0.6) is 0 Å². The van der Waals surface area contributed by atoms with Crippen molar-refractivity contribution in [2.45, 2.75) is 71.1 Å². The molecule has 0 saturated heterocycles. The molecule has 0 N–H and O–H groups in total. The number of rotatable bonds is 5. The Morgan fingerprint density at radius 1 is 1.00 bits per heavy atom. The van der Waals surface area contributed by atoms with Crippen molar-refractivity contribution >= 4 is 11.6 Å². The second-order valence-electron chi connectivity index (χ2n) is 7.95. The van der Waals surface area contributed by atoms with Gasteiger partial charge in [0.15, 0.2) is 0 Å². The predicted molar refractivity (Wildman–Crippen MR) is 96.3 cm³/mol. The molecule has 1 unspecified atom stereocenters. The molecule has 2 aliphatic carbocycles. The lowest BCUT2D eigenvalue weighted by Crippen LogP contribution is -2.31. The Bertz CT molecular complexity index is 513. The van der Waals surface area contributed by atoms with E-state index in [1.165, 1.54) is 57.8 Å². The Kier molecular flexibility index (Phi) is 6.01. The average molecular weight is 337 g/mol. The summed E-state index contributed by atoms with van der Waals surface area (Å²) < 4.78 is 13.5. The fraction of sp³-hybridized carbons (Fsp3) is 0.714. The molecule has 0 nitrogen and oxygen atoms in total. The fourth-order valence-corrected chi connectivity index (χ4v) is 5.20. The molecule has 128 valence electrons. The first kappa shape index (κ1) is 17.3. The topological polar surface area (TPSA) is 0 Å². The van der Waals surface area contributed by atoms with Crippen molar-refractivity contribution in [1.82, 2.24) is 0 Å². The van der Waals surface area contributed by atoms with Crippen molar-refractivity contribution in [2.24, 2.45) is 23.7 Å². The SMILES string of the molecule is CCCC1CC[C@@H]2C[C@H](CCc3ccc(Cl)c(F)c3)CC[C@@H]2C1. The number of hydrogen-bond acceptors (Lipinski definition) is 0. The van der Waals surface area contributed by atoms with Crippen LogP contribution in [-0.4, -0.2) is 0 Å². The van der Waals surface area contributed by atoms with Crippen molar-refractivity contribution in [2.75, 3.05) is 0 Å². The molecular formula is C21H30ClF. The standard InChI is InChI=1S/C21H30ClF/c1-2-3-15-6-9-19-13-16(7-10-18(19)12-15)4-5-17-8-11-20(22)21(23)14-17/h8,11,14-16,18-19H,2-7,9-10,12-13H2,1H3/t15?,16-,18-,19-/m1/s1. The number of benzene rings is 1. The molecule has 0 aromatic heterocycles. The van der Waals surface area contributed by atoms with Gasteiger partial charge in [0.05, 0.1) is 5.02 Å². The zero-order valence-electron chi connectivity index (χ0n) is 14.4. The summed E-state index contributed by atoms with van der Waals surface area (Å²) in [5, 5.41) is 0.234. The van der Waals surface area contributed by atoms with Crippen LogP contribution in [0.1, 0.15) is 70.3 Å². The first-order chi connectivity index (χ1) is 11.2. The van der Waals surface area contributed by atoms with E-state index in [0.717, 1.165) is 35.7 Å². The first-order valence-electron chi connectivity index (χ1n) is 9.59. The van der Waals surface area contributed by atoms with Crippen molar-refractivity contribution in [3.05, 3.63) is 34.6 Å². The van der Waals surface area contributed by atoms with E-state index in [1.54, 1.807) is 12.1 Å². The van der Waals surface area contributed by atoms with Gasteiger partial charge in [-0.3, -0.25) is 0 Å². The molecule has 0 heterocycles. The third kappa shape index (κ3) is 4.50. The van der Waals surface area contributed by atoms with Gasteiger partial charge in [-0.25, -0.2) is 4.39 Å². The monoisotopic (exact) mass is 336 g/mol. The van der Waals surface area contributed by atoms with E-state index in [9.17, 15) is 4.39 Å². The van der Waals surface area contributed by atoms with Crippen LogP contribution in [0.3, 0.4) is 0 Å². The number of fused-ring (bicyclic) bond motifs is 1. The zero-order chi connectivity index (χ0) is 16.2. The number of halogens is 2. The maximum Gasteiger partial charge on any atom is 0.142 e. The molecular weight excluding hydrogens is 307 g/mol. The van der Waals surface area contributed by atoms with Crippen LogP contribution in [-0.2, 0) is 6.42 Å². The first-order valence-corrected chi connectivity index (χ1v) is 9.97. The Morgan fingerprint density at radius 3 is 2.26 bits per heavy atom. The van der Waals surface area contributed by atoms with Gasteiger partial charge in [-0.1, -0.05) is 50.3 Å². The van der Waals surface area contributed by atoms with Crippen LogP contribution in [0, 0.1) is 29.5 Å². The van der Waals surface area contributed by atoms with Gasteiger partial charge in [0.1, 0.15) is 5.82 Å². The normalized spacial score (nSPS) is 30.9. The van der Waals surface area contributed by atoms with E-state index < -0.39 is 0 Å². The van der Waals surface area contributed by atoms with Gasteiger partial charge >= 0.3 is 0 Å². The molecule has 2 heteroatoms. The highest BCUT2D eigenvalue weighted by Gasteiger charge is 2.34. The lowest BCUT2D eigenvalue weighted by Gasteiger charge is -2.42. The molecule has 2 fully saturated rings. The molecule has 2 saturated carbocycles. The Hall–Kier alpha value is -0.560. The van der Waals surface area contributed by atoms with Gasteiger partial charge in [-0.15, -0.1) is 0 Å². The summed E-state index contributed by atoms with van der Waals surface area (Å²) in [5.74, 6) is 3.56. The maximum absolute atomic E-state index is 13.5. The summed E-state index contributed by atoms with van der Waals surface area (Å²) in [7, 11) is 0. The summed E-state index contributed by atoms with van der Waals surface area (Å²) in [6.45, 7) is 2.32. The molecule has 1 aromatic carbocycles. The number of aryl methyl sites for hydroxylation is 1. The van der Waals surface area contributed by atoms with Gasteiger partial charge < -0.3 is 0 Å². The Morgan fingerprint density at radius 2 is 1.65 bits per heavy atom. The second kappa shape index (κ2) is 8.01. The second-order valence-corrected chi connectivity index (χ2v) is 8.36. The van der Waals surface area contributed by atoms with Crippen LogP contribution < -0.4 is 0 Å². The molecule has 4 atom stereocenters. The van der Waals surface area contributed by atoms with Crippen molar-refractivity contribution < 1.29 is 4.39 Å². The third-order valence-corrected chi connectivity index (χ3v) is 6.66. The average Bonchev–Trinajstić information content (AvgIpc) is 2.56. The highest BCUT2D eigenvalue weighted by atomic mass is 35.5. The lowest BCUT2D eigenvalue weighted by molar-refractivity contribution is 0.0921. The van der Waals surface area contributed by atoms with E-state index in [2.05, 4.69) is 6.92 Å². The van der Waals surface area contributed by atoms with Crippen molar-refractivity contribution in [3.8, 4) is 0 Å². The minimum atomic E-state index is -0.276. The molecule has 1 aromatic rings. The molecule has 0 amide bonds. The van der Waals surface area contributed by atoms with Crippen LogP contribution in [0.4, 0.5) is 4.39 Å². The van der Waals surface area contributed by atoms with Crippen LogP contribution in [0.15, 0.2) is 18.2 Å². The lowest BCUT2D eigenvalue weighted by atomic mass is 9.63. The highest BCUT2D eigenvalue weighted by Crippen LogP contribution is 2.46. The molecule has 3 rings (SSSR count). The quantitative estimate of drug-likeness (QED) is 0.540. The van der Waals surface area contributed by atoms with Crippen LogP contribution in [0.2, 0.25) is 5.02 Å². The summed E-state index contributed by atoms with van der Waals surface area (Å²) in [6.07, 6.45) is 13.6. The van der Waals surface area contributed by atoms with Gasteiger partial charge in [-0.05, 0) is 79.9 Å². The molecule has 0 bridgehead atoms. The maximum atomic E-state index is 13.5. The van der Waals surface area contributed by atoms with Gasteiger partial charge in [0.25, 0.3) is 0 Å². The van der Waals surface area contributed by atoms with E-state index in [1.807, 2.05) is 6.07 Å². The summed E-state index contributed by atoms with van der Waals surface area (Å²) >= 11 is 5.77. The van der Waals surface area contributed by atoms with E-state index >= 15 is 0 Å². The zero-order valence-corrected chi connectivity index (χ0v) is 15.1. The number of hydrogen-bond donors (Lipinski definition) is 0. The highest BCUT2D eigenvalue weighted by molar-refractivity contribution is 6.30. The molecule has 0 radical (unpaired) electrons. The Labute approximate surface area is 145 Å². The molecule has 2 aliphatic rings. The molecule has 0 aliphatic heterocycles. The fourth-order valence-electron chi connectivity index (χ4n) is 5.08. The van der Waals surface area contributed by atoms with Gasteiger partial charge in [0, 0.05) is 0 Å². The van der Waals surface area contributed by atoms with Crippen LogP contribution in [0.25, 0.3) is 0 Å². The van der Waals surface area contributed by atoms with Gasteiger partial charge in [0.2, 0.25) is 0 Å². The van der Waals surface area contributed by atoms with Crippen LogP contribution >= 0.6 is 11.6 Å². The third-order valence-electron chi connectivity index (χ3n) is 6.35. The summed E-state index contributed by atoms with van der Waals surface area (Å²) in [6, 6.07) is 5.29. The van der Waals surface area contributed by atoms with Gasteiger partial charge in [-0.2, -0.15) is 0 Å². The van der Waals surface area contributed by atoms with Crippen molar-refractivity contribution in [1.29, 1.82) is 0 Å². The van der Waals surface area contributed by atoms with E-state index in [-0.39, 0.29) is 10.8 Å². The smallest absolute Gasteiger partial charge is 0.142 e. The molecule has 0 spiro atoms. The molecule has 23 heavy (non-hydrogen) atoms. The Balaban J connectivity index is 1.47. The minimum Gasteiger partial charge on any atom is -0.205 e. The van der Waals surface area contributed by atoms with Crippen molar-refractivity contribution in [3.63, 3.8) is 0 Å². The van der Waals surface area contributed by atoms with E-state index in [0.29, 0.717) is 0 Å². The predicted octanol–water partition coefficient (Wildman–Crippen LogP) is 7.04. The summed E-state index contributed by atoms with van der Waals surface area (Å²) in [5.41, 5.74) is 1.10.